The van der Waals surface area contributed by atoms with Crippen molar-refractivity contribution in [1.82, 2.24) is 4.90 Å². The third-order valence-electron chi connectivity index (χ3n) is 5.90. The average molecular weight is 446 g/mol. The summed E-state index contributed by atoms with van der Waals surface area (Å²) in [5.41, 5.74) is 2.21. The lowest BCUT2D eigenvalue weighted by molar-refractivity contribution is -0.137. The molecule has 1 atom stereocenters. The van der Waals surface area contributed by atoms with Gasteiger partial charge in [0.15, 0.2) is 0 Å². The van der Waals surface area contributed by atoms with E-state index in [0.717, 1.165) is 36.5 Å². The van der Waals surface area contributed by atoms with E-state index in [9.17, 15) is 14.0 Å². The number of benzene rings is 2. The van der Waals surface area contributed by atoms with E-state index >= 15 is 0 Å². The maximum absolute atomic E-state index is 12.3. The number of rotatable bonds is 5. The van der Waals surface area contributed by atoms with Crippen LogP contribution >= 0.6 is 11.6 Å². The molecular weight excluding hydrogens is 413 g/mol. The number of amides is 1. The van der Waals surface area contributed by atoms with Gasteiger partial charge in [-0.25, -0.2) is 4.39 Å². The number of piperidine rings is 1. The number of carbonyl (C=O) groups excluding carboxylic acids is 2. The first kappa shape index (κ1) is 25.1. The van der Waals surface area contributed by atoms with Gasteiger partial charge in [0, 0.05) is 30.5 Å². The van der Waals surface area contributed by atoms with Crippen molar-refractivity contribution < 1.29 is 14.0 Å². The van der Waals surface area contributed by atoms with E-state index in [1.54, 1.807) is 12.1 Å². The van der Waals surface area contributed by atoms with Crippen LogP contribution in [-0.4, -0.2) is 29.7 Å². The van der Waals surface area contributed by atoms with Crippen LogP contribution in [0.15, 0.2) is 48.5 Å². The molecule has 3 rings (SSSR count). The van der Waals surface area contributed by atoms with Crippen LogP contribution in [0.2, 0.25) is 5.02 Å². The summed E-state index contributed by atoms with van der Waals surface area (Å²) in [5, 5.41) is 0.784. The predicted molar refractivity (Wildman–Crippen MR) is 125 cm³/mol. The highest BCUT2D eigenvalue weighted by Crippen LogP contribution is 2.29. The highest BCUT2D eigenvalue weighted by Gasteiger charge is 2.27. The minimum absolute atomic E-state index is 0.0941. The van der Waals surface area contributed by atoms with Crippen molar-refractivity contribution in [3.8, 4) is 0 Å². The van der Waals surface area contributed by atoms with Gasteiger partial charge in [-0.05, 0) is 67.0 Å². The standard InChI is InChI=1S/C17H24ClNO.C9H9FO/c1-12(2)13(3)17(20)19-10-8-15(9-11-19)14-4-6-16(18)7-5-14;1-7(11)6-8-2-4-9(10)5-3-8/h4-7,12-13,15H,8-11H2,1-3H3;2-5H,6H2,1H3. The van der Waals surface area contributed by atoms with Crippen LogP contribution in [0.5, 0.6) is 0 Å². The number of ketones is 1. The quantitative estimate of drug-likeness (QED) is 0.541. The molecule has 0 aromatic heterocycles. The van der Waals surface area contributed by atoms with Crippen LogP contribution < -0.4 is 0 Å². The van der Waals surface area contributed by atoms with E-state index in [2.05, 4.69) is 26.0 Å². The van der Waals surface area contributed by atoms with Crippen LogP contribution in [0, 0.1) is 17.7 Å². The predicted octanol–water partition coefficient (Wildman–Crippen LogP) is 6.30. The molecule has 0 N–H and O–H groups in total. The van der Waals surface area contributed by atoms with Crippen molar-refractivity contribution in [1.29, 1.82) is 0 Å². The smallest absolute Gasteiger partial charge is 0.225 e. The molecule has 0 aliphatic carbocycles. The Labute approximate surface area is 190 Å². The summed E-state index contributed by atoms with van der Waals surface area (Å²) in [7, 11) is 0. The molecule has 1 unspecified atom stereocenters. The number of hydrogen-bond acceptors (Lipinski definition) is 2. The summed E-state index contributed by atoms with van der Waals surface area (Å²) >= 11 is 5.93. The lowest BCUT2D eigenvalue weighted by Gasteiger charge is -2.34. The van der Waals surface area contributed by atoms with E-state index < -0.39 is 0 Å². The molecule has 3 nitrogen and oxygen atoms in total. The monoisotopic (exact) mass is 445 g/mol. The van der Waals surface area contributed by atoms with Crippen LogP contribution in [0.25, 0.3) is 0 Å². The second-order valence-electron chi connectivity index (χ2n) is 8.69. The van der Waals surface area contributed by atoms with Crippen LogP contribution in [0.4, 0.5) is 4.39 Å². The lowest BCUT2D eigenvalue weighted by atomic mass is 9.88. The Morgan fingerprint density at radius 3 is 2.03 bits per heavy atom. The number of nitrogens with zero attached hydrogens (tertiary/aromatic N) is 1. The van der Waals surface area contributed by atoms with Gasteiger partial charge in [-0.3, -0.25) is 9.59 Å². The second kappa shape index (κ2) is 12.0. The van der Waals surface area contributed by atoms with Gasteiger partial charge >= 0.3 is 0 Å². The first-order valence-corrected chi connectivity index (χ1v) is 11.3. The number of halogens is 2. The maximum Gasteiger partial charge on any atom is 0.225 e. The molecule has 1 saturated heterocycles. The molecule has 1 fully saturated rings. The van der Waals surface area contributed by atoms with Crippen molar-refractivity contribution in [3.05, 3.63) is 70.5 Å². The van der Waals surface area contributed by atoms with E-state index in [-0.39, 0.29) is 17.5 Å². The fourth-order valence-electron chi connectivity index (χ4n) is 3.63. The van der Waals surface area contributed by atoms with Gasteiger partial charge in [-0.15, -0.1) is 0 Å². The molecule has 2 aromatic rings. The van der Waals surface area contributed by atoms with Crippen LogP contribution in [0.1, 0.15) is 57.6 Å². The van der Waals surface area contributed by atoms with E-state index in [1.165, 1.54) is 24.6 Å². The first-order valence-electron chi connectivity index (χ1n) is 11.0. The maximum atomic E-state index is 12.3. The van der Waals surface area contributed by atoms with Gasteiger partial charge < -0.3 is 4.90 Å². The Morgan fingerprint density at radius 2 is 1.55 bits per heavy atom. The van der Waals surface area contributed by atoms with Gasteiger partial charge in [0.25, 0.3) is 0 Å². The summed E-state index contributed by atoms with van der Waals surface area (Å²) in [6.45, 7) is 9.54. The van der Waals surface area contributed by atoms with Crippen molar-refractivity contribution in [2.45, 2.75) is 52.9 Å². The SMILES string of the molecule is CC(=O)Cc1ccc(F)cc1.CC(C)C(C)C(=O)N1CCC(c2ccc(Cl)cc2)CC1. The number of hydrogen-bond donors (Lipinski definition) is 0. The fourth-order valence-corrected chi connectivity index (χ4v) is 3.76. The van der Waals surface area contributed by atoms with E-state index in [0.29, 0.717) is 24.2 Å². The molecule has 0 spiro atoms. The molecule has 2 aromatic carbocycles. The molecule has 5 heteroatoms. The highest BCUT2D eigenvalue weighted by molar-refractivity contribution is 6.30. The Hall–Kier alpha value is -2.20. The minimum atomic E-state index is -0.266. The first-order chi connectivity index (χ1) is 14.7. The molecule has 31 heavy (non-hydrogen) atoms. The van der Waals surface area contributed by atoms with Crippen molar-refractivity contribution >= 4 is 23.3 Å². The van der Waals surface area contributed by atoms with Gasteiger partial charge in [-0.1, -0.05) is 56.6 Å². The fraction of sp³-hybridized carbons (Fsp3) is 0.462. The highest BCUT2D eigenvalue weighted by atomic mass is 35.5. The van der Waals surface area contributed by atoms with Crippen molar-refractivity contribution in [2.75, 3.05) is 13.1 Å². The van der Waals surface area contributed by atoms with Gasteiger partial charge in [0.05, 0.1) is 0 Å². The average Bonchev–Trinajstić information content (AvgIpc) is 2.75. The molecular formula is C26H33ClFNO2. The zero-order chi connectivity index (χ0) is 23.0. The molecule has 1 aliphatic rings. The second-order valence-corrected chi connectivity index (χ2v) is 9.13. The van der Waals surface area contributed by atoms with Gasteiger partial charge in [0.2, 0.25) is 5.91 Å². The van der Waals surface area contributed by atoms with Gasteiger partial charge in [0.1, 0.15) is 11.6 Å². The van der Waals surface area contributed by atoms with Crippen LogP contribution in [0.3, 0.4) is 0 Å². The lowest BCUT2D eigenvalue weighted by Crippen LogP contribution is -2.41. The zero-order valence-corrected chi connectivity index (χ0v) is 19.7. The molecule has 1 amide bonds. The number of carbonyl (C=O) groups is 2. The molecule has 0 bridgehead atoms. The Morgan fingerprint density at radius 1 is 1.00 bits per heavy atom. The van der Waals surface area contributed by atoms with Crippen molar-refractivity contribution in [3.63, 3.8) is 0 Å². The minimum Gasteiger partial charge on any atom is -0.342 e. The summed E-state index contributed by atoms with van der Waals surface area (Å²) in [6, 6.07) is 14.1. The summed E-state index contributed by atoms with van der Waals surface area (Å²) < 4.78 is 12.3. The van der Waals surface area contributed by atoms with Crippen LogP contribution in [-0.2, 0) is 16.0 Å². The zero-order valence-electron chi connectivity index (χ0n) is 18.9. The third-order valence-corrected chi connectivity index (χ3v) is 6.16. The summed E-state index contributed by atoms with van der Waals surface area (Å²) in [4.78, 5) is 25.0. The Bertz CT molecular complexity index is 841. The summed E-state index contributed by atoms with van der Waals surface area (Å²) in [5.74, 6) is 1.24. The summed E-state index contributed by atoms with van der Waals surface area (Å²) in [6.07, 6.45) is 2.50. The molecule has 0 radical (unpaired) electrons. The largest absolute Gasteiger partial charge is 0.342 e. The van der Waals surface area contributed by atoms with Gasteiger partial charge in [-0.2, -0.15) is 0 Å². The topological polar surface area (TPSA) is 37.4 Å². The van der Waals surface area contributed by atoms with E-state index in [1.807, 2.05) is 24.0 Å². The molecule has 1 aliphatic heterocycles. The van der Waals surface area contributed by atoms with Crippen molar-refractivity contribution in [2.24, 2.45) is 11.8 Å². The number of Topliss-reactive ketones (excluding diaryl/α,β-unsaturated/α-hetero) is 1. The normalized spacial score (nSPS) is 15.3. The third kappa shape index (κ3) is 8.10. The Balaban J connectivity index is 0.000000262. The molecule has 168 valence electrons. The Kier molecular flexibility index (Phi) is 9.70. The van der Waals surface area contributed by atoms with E-state index in [4.69, 9.17) is 11.6 Å². The molecule has 0 saturated carbocycles. The number of likely N-dealkylation sites (tertiary alicyclic amines) is 1. The molecule has 1 heterocycles.